The first kappa shape index (κ1) is 26.6. The fourth-order valence-electron chi connectivity index (χ4n) is 3.59. The molecule has 0 saturated carbocycles. The Bertz CT molecular complexity index is 1040. The van der Waals surface area contributed by atoms with Crippen LogP contribution >= 0.6 is 0 Å². The van der Waals surface area contributed by atoms with E-state index in [1.165, 1.54) is 24.3 Å². The number of rotatable bonds is 11. The van der Waals surface area contributed by atoms with Crippen LogP contribution in [0, 0.1) is 0 Å². The normalized spacial score (nSPS) is 16.2. The predicted molar refractivity (Wildman–Crippen MR) is 125 cm³/mol. The predicted octanol–water partition coefficient (Wildman–Crippen LogP) is 4.51. The van der Waals surface area contributed by atoms with Crippen molar-refractivity contribution < 1.29 is 36.4 Å². The van der Waals surface area contributed by atoms with Gasteiger partial charge in [0.25, 0.3) is 0 Å². The van der Waals surface area contributed by atoms with Gasteiger partial charge in [0.1, 0.15) is 16.2 Å². The number of carbonyl (C=O) groups excluding carboxylic acids is 1. The zero-order chi connectivity index (χ0) is 25.5. The summed E-state index contributed by atoms with van der Waals surface area (Å²) in [6.45, 7) is 4.99. The van der Waals surface area contributed by atoms with Crippen molar-refractivity contribution in [2.24, 2.45) is 5.73 Å². The van der Waals surface area contributed by atoms with Crippen molar-refractivity contribution in [3.63, 3.8) is 0 Å². The number of hydrogen-bond donors (Lipinski definition) is 2. The summed E-state index contributed by atoms with van der Waals surface area (Å²) in [5.74, 6) is -0.293. The van der Waals surface area contributed by atoms with E-state index in [0.717, 1.165) is 0 Å². The quantitative estimate of drug-likeness (QED) is 0.430. The largest absolute Gasteiger partial charge is 0.573 e. The molecule has 2 aromatic rings. The van der Waals surface area contributed by atoms with E-state index in [4.69, 9.17) is 15.2 Å². The fourth-order valence-corrected chi connectivity index (χ4v) is 5.15. The van der Waals surface area contributed by atoms with Gasteiger partial charge in [-0.05, 0) is 74.2 Å². The number of carbonyl (C=O) groups is 1. The number of amides is 1. The molecule has 1 heterocycles. The van der Waals surface area contributed by atoms with Crippen molar-refractivity contribution >= 4 is 22.4 Å². The van der Waals surface area contributed by atoms with Crippen molar-refractivity contribution in [2.45, 2.75) is 41.7 Å². The lowest BCUT2D eigenvalue weighted by Gasteiger charge is -2.33. The van der Waals surface area contributed by atoms with Crippen LogP contribution in [0.4, 0.5) is 18.9 Å². The maximum absolute atomic E-state index is 13.1. The van der Waals surface area contributed by atoms with Gasteiger partial charge in [-0.25, -0.2) is 0 Å². The smallest absolute Gasteiger partial charge is 0.494 e. The third-order valence-electron chi connectivity index (χ3n) is 5.44. The minimum absolute atomic E-state index is 0.297. The van der Waals surface area contributed by atoms with Crippen LogP contribution in [0.5, 0.6) is 11.5 Å². The Hall–Kier alpha value is -3.05. The van der Waals surface area contributed by atoms with Gasteiger partial charge in [-0.3, -0.25) is 9.00 Å². The Labute approximate surface area is 203 Å². The molecule has 1 fully saturated rings. The molecule has 11 heteroatoms. The van der Waals surface area contributed by atoms with Crippen LogP contribution in [0.15, 0.2) is 65.7 Å². The van der Waals surface area contributed by atoms with Gasteiger partial charge in [-0.2, -0.15) is 0 Å². The minimum Gasteiger partial charge on any atom is -0.494 e. The maximum atomic E-state index is 13.1. The van der Waals surface area contributed by atoms with Gasteiger partial charge in [0.15, 0.2) is 0 Å². The summed E-state index contributed by atoms with van der Waals surface area (Å²) in [6, 6.07) is 12.1. The highest BCUT2D eigenvalue weighted by Gasteiger charge is 2.45. The molecule has 0 bridgehead atoms. The molecule has 1 aliphatic rings. The Morgan fingerprint density at radius 3 is 2.26 bits per heavy atom. The lowest BCUT2D eigenvalue weighted by Crippen LogP contribution is -2.51. The number of primary amides is 1. The van der Waals surface area contributed by atoms with Gasteiger partial charge < -0.3 is 25.3 Å². The van der Waals surface area contributed by atoms with Crippen molar-refractivity contribution in [1.29, 1.82) is 0 Å². The molecule has 1 saturated heterocycles. The summed E-state index contributed by atoms with van der Waals surface area (Å²) in [7, 11) is -1.60. The van der Waals surface area contributed by atoms with Crippen molar-refractivity contribution in [2.75, 3.05) is 25.1 Å². The van der Waals surface area contributed by atoms with Crippen LogP contribution in [0.1, 0.15) is 25.7 Å². The van der Waals surface area contributed by atoms with E-state index >= 15 is 0 Å². The first-order valence-electron chi connectivity index (χ1n) is 10.9. The van der Waals surface area contributed by atoms with Gasteiger partial charge in [-0.15, -0.1) is 13.2 Å². The molecular weight excluding hydrogens is 485 g/mol. The van der Waals surface area contributed by atoms with Gasteiger partial charge in [0.2, 0.25) is 5.91 Å². The molecule has 1 unspecified atom stereocenters. The summed E-state index contributed by atoms with van der Waals surface area (Å²) < 4.78 is 63.5. The summed E-state index contributed by atoms with van der Waals surface area (Å²) in [5, 5.41) is 3.03. The van der Waals surface area contributed by atoms with E-state index < -0.39 is 27.8 Å². The first-order chi connectivity index (χ1) is 16.6. The van der Waals surface area contributed by atoms with Gasteiger partial charge in [0.05, 0.1) is 17.4 Å². The average Bonchev–Trinajstić information content (AvgIpc) is 2.82. The lowest BCUT2D eigenvalue weighted by atomic mass is 9.98. The molecule has 0 spiro atoms. The van der Waals surface area contributed by atoms with Crippen LogP contribution in [-0.4, -0.2) is 41.0 Å². The molecule has 3 rings (SSSR count). The summed E-state index contributed by atoms with van der Waals surface area (Å²) in [6.07, 6.45) is -2.88. The molecule has 0 radical (unpaired) electrons. The lowest BCUT2D eigenvalue weighted by molar-refractivity contribution is -0.274. The van der Waals surface area contributed by atoms with E-state index in [2.05, 4.69) is 16.6 Å². The highest BCUT2D eigenvalue weighted by Crippen LogP contribution is 2.32. The van der Waals surface area contributed by atoms with Crippen LogP contribution in [0.2, 0.25) is 0 Å². The molecule has 0 aliphatic carbocycles. The molecule has 35 heavy (non-hydrogen) atoms. The zero-order valence-electron chi connectivity index (χ0n) is 18.9. The van der Waals surface area contributed by atoms with Crippen LogP contribution in [-0.2, 0) is 20.3 Å². The topological polar surface area (TPSA) is 99.9 Å². The molecule has 1 amide bonds. The molecular formula is C24H27F3N2O5S. The van der Waals surface area contributed by atoms with E-state index in [1.54, 1.807) is 24.3 Å². The van der Waals surface area contributed by atoms with Gasteiger partial charge in [0, 0.05) is 29.5 Å². The monoisotopic (exact) mass is 512 g/mol. The summed E-state index contributed by atoms with van der Waals surface area (Å²) >= 11 is 0. The van der Waals surface area contributed by atoms with E-state index in [1.807, 2.05) is 0 Å². The number of allylic oxidation sites excluding steroid dienone is 1. The summed E-state index contributed by atoms with van der Waals surface area (Å²) in [4.78, 5) is 12.6. The SMILES string of the molecule is C=C(CCCOc1ccc(S(=O)C2(C(N)=O)CCOCC2)cc1)Nc1ccc(OC(F)(F)F)cc1. The Balaban J connectivity index is 1.43. The zero-order valence-corrected chi connectivity index (χ0v) is 19.8. The number of alkyl halides is 3. The standard InChI is InChI=1S/C24H27F3N2O5S/c1-17(29-18-4-6-20(7-5-18)34-24(25,26)27)3-2-14-33-19-8-10-21(11-9-19)35(31)23(22(28)30)12-15-32-16-13-23/h4-11,29H,1-3,12-16H2,(H2,28,30). The first-order valence-corrected chi connectivity index (χ1v) is 12.1. The van der Waals surface area contributed by atoms with Crippen molar-refractivity contribution in [3.05, 3.63) is 60.8 Å². The number of nitrogens with one attached hydrogen (secondary N) is 1. The van der Waals surface area contributed by atoms with E-state index in [9.17, 15) is 22.2 Å². The molecule has 1 aliphatic heterocycles. The van der Waals surface area contributed by atoms with Crippen LogP contribution in [0.3, 0.4) is 0 Å². The molecule has 2 aromatic carbocycles. The number of hydrogen-bond acceptors (Lipinski definition) is 6. The second-order valence-corrected chi connectivity index (χ2v) is 9.75. The fraction of sp³-hybridized carbons (Fsp3) is 0.375. The molecule has 3 N–H and O–H groups in total. The highest BCUT2D eigenvalue weighted by atomic mass is 32.2. The van der Waals surface area contributed by atoms with E-state index in [0.29, 0.717) is 67.5 Å². The third-order valence-corrected chi connectivity index (χ3v) is 7.46. The molecule has 1 atom stereocenters. The van der Waals surface area contributed by atoms with Gasteiger partial charge in [-0.1, -0.05) is 6.58 Å². The number of nitrogens with two attached hydrogens (primary N) is 1. The third kappa shape index (κ3) is 7.46. The van der Waals surface area contributed by atoms with Crippen molar-refractivity contribution in [3.8, 4) is 11.5 Å². The van der Waals surface area contributed by atoms with Crippen LogP contribution < -0.4 is 20.5 Å². The summed E-state index contributed by atoms with van der Waals surface area (Å²) in [5.41, 5.74) is 6.85. The van der Waals surface area contributed by atoms with E-state index in [-0.39, 0.29) is 5.75 Å². The second kappa shape index (κ2) is 11.6. The molecule has 0 aromatic heterocycles. The Morgan fingerprint density at radius 1 is 1.09 bits per heavy atom. The second-order valence-electron chi connectivity index (χ2n) is 7.96. The molecule has 7 nitrogen and oxygen atoms in total. The Morgan fingerprint density at radius 2 is 1.69 bits per heavy atom. The highest BCUT2D eigenvalue weighted by molar-refractivity contribution is 7.87. The van der Waals surface area contributed by atoms with Crippen LogP contribution in [0.25, 0.3) is 0 Å². The maximum Gasteiger partial charge on any atom is 0.573 e. The average molecular weight is 513 g/mol. The number of halogens is 3. The van der Waals surface area contributed by atoms with Crippen molar-refractivity contribution in [1.82, 2.24) is 0 Å². The van der Waals surface area contributed by atoms with Gasteiger partial charge >= 0.3 is 6.36 Å². The number of benzene rings is 2. The Kier molecular flexibility index (Phi) is 8.79. The molecule has 190 valence electrons. The minimum atomic E-state index is -4.73. The number of ether oxygens (including phenoxy) is 3. The number of anilines is 1.